The highest BCUT2D eigenvalue weighted by atomic mass is 16.5. The highest BCUT2D eigenvalue weighted by Crippen LogP contribution is 2.24. The molecule has 6 heteroatoms. The van der Waals surface area contributed by atoms with Gasteiger partial charge in [-0.1, -0.05) is 6.42 Å². The number of fused-ring (bicyclic) bond motifs is 1. The van der Waals surface area contributed by atoms with E-state index in [9.17, 15) is 4.79 Å². The molecule has 0 unspecified atom stereocenters. The van der Waals surface area contributed by atoms with E-state index in [0.29, 0.717) is 12.2 Å². The minimum atomic E-state index is 0.0848. The Morgan fingerprint density at radius 2 is 1.96 bits per heavy atom. The number of nitrogens with zero attached hydrogens (tertiary/aromatic N) is 3. The molecule has 0 bridgehead atoms. The van der Waals surface area contributed by atoms with Gasteiger partial charge >= 0.3 is 0 Å². The van der Waals surface area contributed by atoms with E-state index in [-0.39, 0.29) is 12.0 Å². The van der Waals surface area contributed by atoms with E-state index < -0.39 is 0 Å². The second-order valence-corrected chi connectivity index (χ2v) is 7.67. The van der Waals surface area contributed by atoms with Crippen LogP contribution in [0, 0.1) is 0 Å². The maximum absolute atomic E-state index is 12.8. The summed E-state index contributed by atoms with van der Waals surface area (Å²) in [6.07, 6.45) is 9.50. The first kappa shape index (κ1) is 17.0. The molecule has 2 fully saturated rings. The molecule has 138 valence electrons. The van der Waals surface area contributed by atoms with E-state index in [1.807, 2.05) is 4.90 Å². The van der Waals surface area contributed by atoms with Gasteiger partial charge in [-0.05, 0) is 58.0 Å². The number of aromatic amines is 1. The van der Waals surface area contributed by atoms with Gasteiger partial charge < -0.3 is 14.5 Å². The Kier molecular flexibility index (Phi) is 5.36. The van der Waals surface area contributed by atoms with Crippen LogP contribution in [0.25, 0.3) is 0 Å². The Bertz CT molecular complexity index is 594. The largest absolute Gasteiger partial charge is 0.375 e. The van der Waals surface area contributed by atoms with E-state index in [2.05, 4.69) is 15.1 Å². The number of aryl methyl sites for hydroxylation is 1. The number of nitrogens with one attached hydrogen (secondary N) is 1. The lowest BCUT2D eigenvalue weighted by molar-refractivity contribution is 0.0378. The highest BCUT2D eigenvalue weighted by Gasteiger charge is 2.31. The molecule has 1 atom stereocenters. The summed E-state index contributed by atoms with van der Waals surface area (Å²) in [4.78, 5) is 17.3. The predicted octanol–water partition coefficient (Wildman–Crippen LogP) is 2.01. The lowest BCUT2D eigenvalue weighted by Gasteiger charge is -2.26. The molecule has 4 rings (SSSR count). The Hall–Kier alpha value is -1.40. The first-order valence-electron chi connectivity index (χ1n) is 10.0. The maximum Gasteiger partial charge on any atom is 0.274 e. The van der Waals surface area contributed by atoms with Crippen LogP contribution in [0.4, 0.5) is 0 Å². The summed E-state index contributed by atoms with van der Waals surface area (Å²) in [7, 11) is 0. The van der Waals surface area contributed by atoms with Crippen molar-refractivity contribution in [2.24, 2.45) is 0 Å². The van der Waals surface area contributed by atoms with Crippen molar-refractivity contribution in [3.8, 4) is 0 Å². The molecule has 25 heavy (non-hydrogen) atoms. The number of hydrogen-bond acceptors (Lipinski definition) is 4. The Balaban J connectivity index is 1.26. The Labute approximate surface area is 149 Å². The smallest absolute Gasteiger partial charge is 0.274 e. The number of amides is 1. The highest BCUT2D eigenvalue weighted by molar-refractivity contribution is 5.94. The van der Waals surface area contributed by atoms with E-state index in [1.165, 1.54) is 44.5 Å². The Morgan fingerprint density at radius 3 is 2.84 bits per heavy atom. The first-order chi connectivity index (χ1) is 12.3. The molecule has 1 N–H and O–H groups in total. The minimum absolute atomic E-state index is 0.0848. The number of piperidine rings is 1. The van der Waals surface area contributed by atoms with Gasteiger partial charge in [0, 0.05) is 30.9 Å². The zero-order valence-electron chi connectivity index (χ0n) is 15.1. The standard InChI is InChI=1S/C19H30N4O2/c24-19(18-16-6-2-3-7-17(16)20-21-18)23-11-8-15(14-23)25-13-12-22-9-4-1-5-10-22/h15H,1-14H2,(H,20,21)/t15-/m1/s1. The summed E-state index contributed by atoms with van der Waals surface area (Å²) in [6, 6.07) is 0. The molecule has 0 radical (unpaired) electrons. The topological polar surface area (TPSA) is 61.5 Å². The van der Waals surface area contributed by atoms with E-state index in [4.69, 9.17) is 4.74 Å². The monoisotopic (exact) mass is 346 g/mol. The lowest BCUT2D eigenvalue weighted by atomic mass is 9.95. The van der Waals surface area contributed by atoms with Gasteiger partial charge in [-0.2, -0.15) is 5.10 Å². The van der Waals surface area contributed by atoms with Gasteiger partial charge in [0.25, 0.3) is 5.91 Å². The summed E-state index contributed by atoms with van der Waals surface area (Å²) in [5.41, 5.74) is 2.98. The zero-order valence-corrected chi connectivity index (χ0v) is 15.1. The van der Waals surface area contributed by atoms with Crippen molar-refractivity contribution in [1.82, 2.24) is 20.0 Å². The van der Waals surface area contributed by atoms with Gasteiger partial charge in [0.15, 0.2) is 5.69 Å². The molecule has 1 amide bonds. The third kappa shape index (κ3) is 3.90. The van der Waals surface area contributed by atoms with Crippen LogP contribution in [0.15, 0.2) is 0 Å². The number of rotatable bonds is 5. The Morgan fingerprint density at radius 1 is 1.12 bits per heavy atom. The lowest BCUT2D eigenvalue weighted by Crippen LogP contribution is -2.34. The van der Waals surface area contributed by atoms with Gasteiger partial charge in [0.2, 0.25) is 0 Å². The fourth-order valence-corrected chi connectivity index (χ4v) is 4.39. The number of carbonyl (C=O) groups is 1. The van der Waals surface area contributed by atoms with E-state index in [1.54, 1.807) is 0 Å². The van der Waals surface area contributed by atoms with Crippen molar-refractivity contribution in [2.45, 2.75) is 57.5 Å². The van der Waals surface area contributed by atoms with Crippen LogP contribution in [0.2, 0.25) is 0 Å². The second kappa shape index (κ2) is 7.87. The van der Waals surface area contributed by atoms with Gasteiger partial charge in [-0.25, -0.2) is 0 Å². The first-order valence-corrected chi connectivity index (χ1v) is 10.0. The summed E-state index contributed by atoms with van der Waals surface area (Å²) < 4.78 is 6.05. The molecular formula is C19H30N4O2. The van der Waals surface area contributed by atoms with Crippen LogP contribution in [-0.2, 0) is 17.6 Å². The van der Waals surface area contributed by atoms with Crippen molar-refractivity contribution in [3.63, 3.8) is 0 Å². The average Bonchev–Trinajstić information content (AvgIpc) is 3.29. The van der Waals surface area contributed by atoms with Crippen LogP contribution in [0.3, 0.4) is 0 Å². The van der Waals surface area contributed by atoms with Crippen molar-refractivity contribution >= 4 is 5.91 Å². The van der Waals surface area contributed by atoms with Crippen LogP contribution < -0.4 is 0 Å². The molecule has 0 aromatic carbocycles. The van der Waals surface area contributed by atoms with Gasteiger partial charge in [0.1, 0.15) is 0 Å². The van der Waals surface area contributed by atoms with E-state index >= 15 is 0 Å². The predicted molar refractivity (Wildman–Crippen MR) is 95.8 cm³/mol. The fraction of sp³-hybridized carbons (Fsp3) is 0.789. The summed E-state index contributed by atoms with van der Waals surface area (Å²) in [6.45, 7) is 5.73. The minimum Gasteiger partial charge on any atom is -0.375 e. The molecule has 6 nitrogen and oxygen atoms in total. The second-order valence-electron chi connectivity index (χ2n) is 7.67. The fourth-order valence-electron chi connectivity index (χ4n) is 4.39. The van der Waals surface area contributed by atoms with Crippen LogP contribution in [-0.4, -0.2) is 71.3 Å². The zero-order chi connectivity index (χ0) is 17.1. The molecule has 3 heterocycles. The van der Waals surface area contributed by atoms with Crippen molar-refractivity contribution in [3.05, 3.63) is 17.0 Å². The number of likely N-dealkylation sites (tertiary alicyclic amines) is 2. The average molecular weight is 346 g/mol. The number of aromatic nitrogens is 2. The van der Waals surface area contributed by atoms with Crippen LogP contribution in [0.5, 0.6) is 0 Å². The number of hydrogen-bond donors (Lipinski definition) is 1. The van der Waals surface area contributed by atoms with Crippen molar-refractivity contribution in [2.75, 3.05) is 39.3 Å². The van der Waals surface area contributed by atoms with Crippen LogP contribution in [0.1, 0.15) is 60.3 Å². The van der Waals surface area contributed by atoms with Crippen molar-refractivity contribution in [1.29, 1.82) is 0 Å². The molecule has 0 spiro atoms. The summed E-state index contributed by atoms with van der Waals surface area (Å²) in [5.74, 6) is 0.0848. The maximum atomic E-state index is 12.8. The van der Waals surface area contributed by atoms with E-state index in [0.717, 1.165) is 50.9 Å². The molecule has 3 aliphatic rings. The summed E-state index contributed by atoms with van der Waals surface area (Å²) >= 11 is 0. The SMILES string of the molecule is O=C(c1n[nH]c2c1CCCC2)N1CC[C@@H](OCCN2CCCCC2)C1. The van der Waals surface area contributed by atoms with Gasteiger partial charge in [0.05, 0.1) is 12.7 Å². The number of H-pyrrole nitrogens is 1. The molecule has 1 aromatic rings. The third-order valence-corrected chi connectivity index (χ3v) is 5.90. The molecule has 0 saturated carbocycles. The molecule has 1 aliphatic carbocycles. The van der Waals surface area contributed by atoms with Crippen molar-refractivity contribution < 1.29 is 9.53 Å². The molecule has 2 aliphatic heterocycles. The quantitative estimate of drug-likeness (QED) is 0.886. The number of carbonyl (C=O) groups excluding carboxylic acids is 1. The summed E-state index contributed by atoms with van der Waals surface area (Å²) in [5, 5.41) is 7.41. The molecule has 2 saturated heterocycles. The molecular weight excluding hydrogens is 316 g/mol. The van der Waals surface area contributed by atoms with Gasteiger partial charge in [-0.15, -0.1) is 0 Å². The normalized spacial score (nSPS) is 24.5. The number of ether oxygens (including phenoxy) is 1. The van der Waals surface area contributed by atoms with Gasteiger partial charge in [-0.3, -0.25) is 9.89 Å². The molecule has 1 aromatic heterocycles. The van der Waals surface area contributed by atoms with Crippen LogP contribution >= 0.6 is 0 Å². The third-order valence-electron chi connectivity index (χ3n) is 5.90.